The summed E-state index contributed by atoms with van der Waals surface area (Å²) in [6.07, 6.45) is 29.4. The molecule has 1 aromatic rings. The summed E-state index contributed by atoms with van der Waals surface area (Å²) < 4.78 is 17.7. The van der Waals surface area contributed by atoms with E-state index >= 15 is 0 Å². The number of carbonyl (C=O) groups excluding carboxylic acids is 1. The molecule has 0 saturated heterocycles. The van der Waals surface area contributed by atoms with Gasteiger partial charge in [-0.15, -0.1) is 0 Å². The molecular formula is C37H64O4. The van der Waals surface area contributed by atoms with Gasteiger partial charge >= 0.3 is 5.97 Å². The van der Waals surface area contributed by atoms with E-state index < -0.39 is 5.60 Å². The fourth-order valence-corrected chi connectivity index (χ4v) is 4.92. The minimum atomic E-state index is -0.509. The van der Waals surface area contributed by atoms with Crippen LogP contribution in [0.1, 0.15) is 169 Å². The van der Waals surface area contributed by atoms with E-state index in [0.717, 1.165) is 29.9 Å². The molecule has 41 heavy (non-hydrogen) atoms. The van der Waals surface area contributed by atoms with E-state index in [-0.39, 0.29) is 5.97 Å². The standard InChI is InChI=1S/C37H64O4/c1-6-8-10-12-14-16-18-20-22-24-28-39-34-30-33(26-27-36(38)41-37(3,4)5)31-35(32-34)40-29-25-23-21-19-17-15-13-11-9-7-2/h26-27,30-32H,6-25,28-29H2,1-5H3. The molecule has 0 fully saturated rings. The van der Waals surface area contributed by atoms with Crippen molar-refractivity contribution in [3.8, 4) is 11.5 Å². The molecule has 1 aromatic carbocycles. The van der Waals surface area contributed by atoms with Crippen molar-refractivity contribution in [1.82, 2.24) is 0 Å². The van der Waals surface area contributed by atoms with Crippen molar-refractivity contribution in [2.75, 3.05) is 13.2 Å². The van der Waals surface area contributed by atoms with Crippen LogP contribution in [0.5, 0.6) is 11.5 Å². The summed E-state index contributed by atoms with van der Waals surface area (Å²) >= 11 is 0. The number of esters is 1. The molecule has 0 amide bonds. The number of rotatable bonds is 26. The quantitative estimate of drug-likeness (QED) is 0.0629. The molecule has 0 spiro atoms. The minimum absolute atomic E-state index is 0.345. The molecular weight excluding hydrogens is 508 g/mol. The molecule has 0 aliphatic carbocycles. The largest absolute Gasteiger partial charge is 0.493 e. The Bertz CT molecular complexity index is 748. The van der Waals surface area contributed by atoms with Gasteiger partial charge in [-0.05, 0) is 57.4 Å². The Morgan fingerprint density at radius 2 is 0.951 bits per heavy atom. The van der Waals surface area contributed by atoms with Crippen molar-refractivity contribution < 1.29 is 19.0 Å². The van der Waals surface area contributed by atoms with Crippen LogP contribution in [0.2, 0.25) is 0 Å². The van der Waals surface area contributed by atoms with Gasteiger partial charge in [0.1, 0.15) is 17.1 Å². The normalized spacial score (nSPS) is 11.7. The maximum absolute atomic E-state index is 12.2. The van der Waals surface area contributed by atoms with Crippen LogP contribution in [0.15, 0.2) is 24.3 Å². The zero-order valence-corrected chi connectivity index (χ0v) is 27.6. The van der Waals surface area contributed by atoms with Crippen LogP contribution in [-0.2, 0) is 9.53 Å². The Morgan fingerprint density at radius 3 is 1.32 bits per heavy atom. The van der Waals surface area contributed by atoms with Crippen molar-refractivity contribution in [2.45, 2.75) is 169 Å². The summed E-state index contributed by atoms with van der Waals surface area (Å²) in [4.78, 5) is 12.2. The van der Waals surface area contributed by atoms with Gasteiger partial charge in [-0.2, -0.15) is 0 Å². The van der Waals surface area contributed by atoms with Crippen molar-refractivity contribution in [3.05, 3.63) is 29.8 Å². The number of hydrogen-bond acceptors (Lipinski definition) is 4. The highest BCUT2D eigenvalue weighted by Crippen LogP contribution is 2.25. The highest BCUT2D eigenvalue weighted by atomic mass is 16.6. The van der Waals surface area contributed by atoms with Gasteiger partial charge in [0.2, 0.25) is 0 Å². The summed E-state index contributed by atoms with van der Waals surface area (Å²) in [6.45, 7) is 11.6. The van der Waals surface area contributed by atoms with Gasteiger partial charge in [0.25, 0.3) is 0 Å². The zero-order valence-electron chi connectivity index (χ0n) is 27.6. The Labute approximate surface area is 254 Å². The third kappa shape index (κ3) is 23.3. The summed E-state index contributed by atoms with van der Waals surface area (Å²) in [5, 5.41) is 0. The van der Waals surface area contributed by atoms with E-state index in [9.17, 15) is 4.79 Å². The fourth-order valence-electron chi connectivity index (χ4n) is 4.92. The van der Waals surface area contributed by atoms with Gasteiger partial charge in [-0.25, -0.2) is 4.79 Å². The average molecular weight is 573 g/mol. The summed E-state index contributed by atoms with van der Waals surface area (Å²) in [7, 11) is 0. The highest BCUT2D eigenvalue weighted by Gasteiger charge is 2.14. The lowest BCUT2D eigenvalue weighted by molar-refractivity contribution is -0.148. The van der Waals surface area contributed by atoms with E-state index in [0.29, 0.717) is 13.2 Å². The van der Waals surface area contributed by atoms with Crippen LogP contribution in [0, 0.1) is 0 Å². The topological polar surface area (TPSA) is 44.8 Å². The van der Waals surface area contributed by atoms with E-state index in [2.05, 4.69) is 13.8 Å². The molecule has 0 N–H and O–H groups in total. The predicted molar refractivity (Wildman–Crippen MR) is 176 cm³/mol. The van der Waals surface area contributed by atoms with Gasteiger partial charge in [0.05, 0.1) is 13.2 Å². The number of hydrogen-bond donors (Lipinski definition) is 0. The van der Waals surface area contributed by atoms with E-state index in [4.69, 9.17) is 14.2 Å². The second-order valence-corrected chi connectivity index (χ2v) is 12.7. The first-order chi connectivity index (χ1) is 19.8. The van der Waals surface area contributed by atoms with Crippen LogP contribution in [0.3, 0.4) is 0 Å². The van der Waals surface area contributed by atoms with Crippen molar-refractivity contribution in [1.29, 1.82) is 0 Å². The Balaban J connectivity index is 2.47. The molecule has 0 atom stereocenters. The molecule has 0 saturated carbocycles. The smallest absolute Gasteiger partial charge is 0.331 e. The molecule has 0 aromatic heterocycles. The second kappa shape index (κ2) is 24.6. The molecule has 0 aliphatic heterocycles. The van der Waals surface area contributed by atoms with E-state index in [1.165, 1.54) is 122 Å². The highest BCUT2D eigenvalue weighted by molar-refractivity contribution is 5.87. The molecule has 236 valence electrons. The number of benzene rings is 1. The lowest BCUT2D eigenvalue weighted by Gasteiger charge is -2.18. The van der Waals surface area contributed by atoms with Crippen LogP contribution >= 0.6 is 0 Å². The second-order valence-electron chi connectivity index (χ2n) is 12.7. The maximum Gasteiger partial charge on any atom is 0.331 e. The maximum atomic E-state index is 12.2. The monoisotopic (exact) mass is 572 g/mol. The summed E-state index contributed by atoms with van der Waals surface area (Å²) in [5.74, 6) is 1.25. The first kappa shape index (κ1) is 37.1. The number of ether oxygens (including phenoxy) is 3. The Hall–Kier alpha value is -1.97. The van der Waals surface area contributed by atoms with Gasteiger partial charge in [-0.1, -0.05) is 129 Å². The van der Waals surface area contributed by atoms with Gasteiger partial charge < -0.3 is 14.2 Å². The van der Waals surface area contributed by atoms with E-state index in [1.807, 2.05) is 39.0 Å². The molecule has 4 nitrogen and oxygen atoms in total. The fraction of sp³-hybridized carbons (Fsp3) is 0.757. The van der Waals surface area contributed by atoms with Gasteiger partial charge in [-0.3, -0.25) is 0 Å². The van der Waals surface area contributed by atoms with Crippen molar-refractivity contribution in [3.63, 3.8) is 0 Å². The molecule has 0 bridgehead atoms. The van der Waals surface area contributed by atoms with E-state index in [1.54, 1.807) is 6.08 Å². The third-order valence-corrected chi connectivity index (χ3v) is 7.25. The first-order valence-corrected chi connectivity index (χ1v) is 17.2. The van der Waals surface area contributed by atoms with Gasteiger partial charge in [0, 0.05) is 12.1 Å². The van der Waals surface area contributed by atoms with Crippen molar-refractivity contribution in [2.24, 2.45) is 0 Å². The third-order valence-electron chi connectivity index (χ3n) is 7.25. The molecule has 0 heterocycles. The first-order valence-electron chi connectivity index (χ1n) is 17.2. The molecule has 0 aliphatic rings. The molecule has 0 radical (unpaired) electrons. The van der Waals surface area contributed by atoms with Crippen LogP contribution < -0.4 is 9.47 Å². The predicted octanol–water partition coefficient (Wildman–Crippen LogP) is 11.6. The number of carbonyl (C=O) groups is 1. The lowest BCUT2D eigenvalue weighted by atomic mass is 10.1. The summed E-state index contributed by atoms with van der Waals surface area (Å²) in [5.41, 5.74) is 0.375. The SMILES string of the molecule is CCCCCCCCCCCCOc1cc(C=CC(=O)OC(C)(C)C)cc(OCCCCCCCCCCCC)c1. The molecule has 1 rings (SSSR count). The van der Waals surface area contributed by atoms with Gasteiger partial charge in [0.15, 0.2) is 0 Å². The average Bonchev–Trinajstić information content (AvgIpc) is 2.92. The minimum Gasteiger partial charge on any atom is -0.493 e. The lowest BCUT2D eigenvalue weighted by Crippen LogP contribution is -2.22. The number of unbranched alkanes of at least 4 members (excludes halogenated alkanes) is 18. The Kier molecular flexibility index (Phi) is 22.2. The van der Waals surface area contributed by atoms with Crippen LogP contribution in [0.25, 0.3) is 6.08 Å². The molecule has 0 unspecified atom stereocenters. The zero-order chi connectivity index (χ0) is 30.0. The summed E-state index contributed by atoms with van der Waals surface area (Å²) in [6, 6.07) is 5.94. The molecule has 4 heteroatoms. The van der Waals surface area contributed by atoms with Crippen molar-refractivity contribution >= 4 is 12.0 Å². The van der Waals surface area contributed by atoms with Crippen LogP contribution in [-0.4, -0.2) is 24.8 Å². The van der Waals surface area contributed by atoms with Crippen LogP contribution in [0.4, 0.5) is 0 Å². The Morgan fingerprint density at radius 1 is 0.585 bits per heavy atom.